The molecule has 0 spiro atoms. The zero-order chi connectivity index (χ0) is 45.9. The van der Waals surface area contributed by atoms with Gasteiger partial charge in [0.15, 0.2) is 0 Å². The first-order valence-electron chi connectivity index (χ1n) is 23.8. The maximum absolute atomic E-state index is 6.95. The van der Waals surface area contributed by atoms with Gasteiger partial charge in [-0.25, -0.2) is 0 Å². The van der Waals surface area contributed by atoms with E-state index in [1.54, 1.807) is 0 Å². The Balaban J connectivity index is 0.905. The number of benzene rings is 11. The summed E-state index contributed by atoms with van der Waals surface area (Å²) in [6, 6.07) is 83.3. The molecule has 15 rings (SSSR count). The van der Waals surface area contributed by atoms with Crippen molar-refractivity contribution < 1.29 is 9.47 Å². The number of fused-ring (bicyclic) bond motifs is 12. The highest BCUT2D eigenvalue weighted by Gasteiger charge is 2.44. The Bertz CT molecular complexity index is 3600. The topological polar surface area (TPSA) is 24.9 Å². The highest BCUT2D eigenvalue weighted by Crippen LogP contribution is 2.48. The molecule has 326 valence electrons. The fourth-order valence-electron chi connectivity index (χ4n) is 11.4. The lowest BCUT2D eigenvalue weighted by atomic mass is 9.32. The van der Waals surface area contributed by atoms with Crippen molar-refractivity contribution in [2.24, 2.45) is 0 Å². The molecule has 11 aromatic carbocycles. The van der Waals surface area contributed by atoms with Gasteiger partial charge in [-0.15, -0.1) is 0 Å². The van der Waals surface area contributed by atoms with Crippen LogP contribution in [-0.4, -0.2) is 13.4 Å². The zero-order valence-electron chi connectivity index (χ0n) is 37.6. The summed E-state index contributed by atoms with van der Waals surface area (Å²) in [6.07, 6.45) is 0. The predicted octanol–water partition coefficient (Wildman–Crippen LogP) is 13.1. The van der Waals surface area contributed by atoms with Crippen molar-refractivity contribution >= 4 is 125 Å². The first kappa shape index (κ1) is 39.9. The Labute approximate surface area is 415 Å². The lowest BCUT2D eigenvalue weighted by molar-refractivity contribution is 0.487. The molecule has 0 saturated heterocycles. The van der Waals surface area contributed by atoms with E-state index in [-0.39, 0.29) is 13.4 Å². The van der Waals surface area contributed by atoms with Crippen LogP contribution in [0.3, 0.4) is 0 Å². The van der Waals surface area contributed by atoms with Gasteiger partial charge in [-0.3, -0.25) is 0 Å². The van der Waals surface area contributed by atoms with Gasteiger partial charge in [-0.2, -0.15) is 0 Å². The number of nitrogens with zero attached hydrogens (tertiary/aromatic N) is 2. The van der Waals surface area contributed by atoms with E-state index in [9.17, 15) is 0 Å². The number of hydrogen-bond acceptors (Lipinski definition) is 6. The summed E-state index contributed by atoms with van der Waals surface area (Å²) in [5, 5.41) is 4.75. The Morgan fingerprint density at radius 3 is 1.07 bits per heavy atom. The average Bonchev–Trinajstić information content (AvgIpc) is 3.41. The van der Waals surface area contributed by atoms with Gasteiger partial charge in [-0.1, -0.05) is 162 Å². The van der Waals surface area contributed by atoms with Gasteiger partial charge in [-0.05, 0) is 147 Å². The van der Waals surface area contributed by atoms with E-state index in [0.29, 0.717) is 0 Å². The summed E-state index contributed by atoms with van der Waals surface area (Å²) in [7, 11) is 0. The molecule has 0 atom stereocenters. The number of para-hydroxylation sites is 6. The minimum atomic E-state index is -0.00105. The molecule has 0 N–H and O–H groups in total. The average molecular weight is 929 g/mol. The van der Waals surface area contributed by atoms with Crippen molar-refractivity contribution in [3.63, 3.8) is 0 Å². The maximum atomic E-state index is 6.95. The van der Waals surface area contributed by atoms with Crippen molar-refractivity contribution in [3.8, 4) is 23.0 Å². The third-order valence-corrected chi connectivity index (χ3v) is 16.8. The second-order valence-electron chi connectivity index (χ2n) is 18.3. The molecule has 4 aliphatic rings. The van der Waals surface area contributed by atoms with E-state index in [1.807, 2.05) is 23.5 Å². The second-order valence-corrected chi connectivity index (χ2v) is 20.4. The first-order chi connectivity index (χ1) is 34.7. The lowest BCUT2D eigenvalue weighted by Gasteiger charge is -2.37. The summed E-state index contributed by atoms with van der Waals surface area (Å²) in [5.74, 6) is 3.67. The predicted molar refractivity (Wildman–Crippen MR) is 294 cm³/mol. The Morgan fingerprint density at radius 2 is 0.671 bits per heavy atom. The standard InChI is InChI=1S/C62H38B2N2O2S2/c1-5-17-41(18-6-1)65(42-19-7-2-8-20-42)45-29-31-47-39(33-45)35-55-59-61(47)69-57-38-58-52(37-51(57)63(59)49-25-13-15-27-53(49)67-55)64-50-26-14-16-28-54(50)68-56-36-40-34-46(30-32-48(40)62(70-58)60(56)64)66(43-21-9-3-10-22-43)44-23-11-4-12-24-44/h1-38H. The molecule has 0 unspecified atom stereocenters. The summed E-state index contributed by atoms with van der Waals surface area (Å²) in [5.41, 5.74) is 14.2. The molecule has 11 aromatic rings. The molecule has 70 heavy (non-hydrogen) atoms. The van der Waals surface area contributed by atoms with Crippen molar-refractivity contribution in [1.82, 2.24) is 0 Å². The number of ether oxygens (including phenoxy) is 2. The molecule has 4 heterocycles. The summed E-state index contributed by atoms with van der Waals surface area (Å²) < 4.78 is 13.9. The molecule has 0 aromatic heterocycles. The Kier molecular flexibility index (Phi) is 8.98. The molecule has 4 nitrogen and oxygen atoms in total. The Morgan fingerprint density at radius 1 is 0.300 bits per heavy atom. The van der Waals surface area contributed by atoms with Crippen LogP contribution in [0.25, 0.3) is 21.5 Å². The summed E-state index contributed by atoms with van der Waals surface area (Å²) in [4.78, 5) is 9.75. The minimum Gasteiger partial charge on any atom is -0.458 e. The third kappa shape index (κ3) is 6.16. The van der Waals surface area contributed by atoms with Crippen molar-refractivity contribution in [2.75, 3.05) is 9.80 Å². The fraction of sp³-hybridized carbons (Fsp3) is 0. The van der Waals surface area contributed by atoms with Crippen molar-refractivity contribution in [2.45, 2.75) is 19.6 Å². The summed E-state index contributed by atoms with van der Waals surface area (Å²) in [6.45, 7) is -0.00210. The monoisotopic (exact) mass is 928 g/mol. The van der Waals surface area contributed by atoms with Crippen LogP contribution in [0.5, 0.6) is 23.0 Å². The molecule has 8 heteroatoms. The van der Waals surface area contributed by atoms with Crippen molar-refractivity contribution in [3.05, 3.63) is 231 Å². The smallest absolute Gasteiger partial charge is 0.253 e. The molecule has 0 radical (unpaired) electrons. The molecular formula is C62H38B2N2O2S2. The van der Waals surface area contributed by atoms with Crippen LogP contribution in [0.4, 0.5) is 34.1 Å². The quantitative estimate of drug-likeness (QED) is 0.154. The molecule has 0 saturated carbocycles. The van der Waals surface area contributed by atoms with Gasteiger partial charge < -0.3 is 19.3 Å². The zero-order valence-corrected chi connectivity index (χ0v) is 39.3. The van der Waals surface area contributed by atoms with E-state index < -0.39 is 0 Å². The molecule has 4 aliphatic heterocycles. The molecule has 0 bridgehead atoms. The SMILES string of the molecule is c1ccc(N(c2ccccc2)c2ccc3c4c5c(cc3c2)Oc2ccccc2B5c2cc3c(cc2S4)Sc2c4c(cc5cc(N(c6ccccc6)c6ccccc6)ccc25)Oc2ccccc2B34)cc1. The lowest BCUT2D eigenvalue weighted by Crippen LogP contribution is -2.62. The maximum Gasteiger partial charge on any atom is 0.253 e. The number of hydrogen-bond donors (Lipinski definition) is 0. The van der Waals surface area contributed by atoms with Gasteiger partial charge in [0.05, 0.1) is 0 Å². The minimum absolute atomic E-state index is 0.00105. The second kappa shape index (κ2) is 15.8. The largest absolute Gasteiger partial charge is 0.458 e. The van der Waals surface area contributed by atoms with E-state index in [0.717, 1.165) is 67.9 Å². The van der Waals surface area contributed by atoms with Gasteiger partial charge in [0.25, 0.3) is 13.4 Å². The normalized spacial score (nSPS) is 13.2. The highest BCUT2D eigenvalue weighted by atomic mass is 32.2. The van der Waals surface area contributed by atoms with E-state index in [1.165, 1.54) is 63.1 Å². The molecule has 0 aliphatic carbocycles. The fourth-order valence-corrected chi connectivity index (χ4v) is 14.1. The van der Waals surface area contributed by atoms with Crippen LogP contribution in [0.2, 0.25) is 0 Å². The van der Waals surface area contributed by atoms with Crippen molar-refractivity contribution in [1.29, 1.82) is 0 Å². The van der Waals surface area contributed by atoms with E-state index in [2.05, 4.69) is 240 Å². The van der Waals surface area contributed by atoms with Crippen LogP contribution >= 0.6 is 23.5 Å². The molecule has 0 amide bonds. The van der Waals surface area contributed by atoms with Crippen LogP contribution in [0.15, 0.2) is 250 Å². The highest BCUT2D eigenvalue weighted by molar-refractivity contribution is 8.01. The van der Waals surface area contributed by atoms with Gasteiger partial charge in [0.2, 0.25) is 0 Å². The van der Waals surface area contributed by atoms with E-state index in [4.69, 9.17) is 9.47 Å². The molecule has 0 fully saturated rings. The van der Waals surface area contributed by atoms with Crippen LogP contribution in [0.1, 0.15) is 0 Å². The first-order valence-corrected chi connectivity index (χ1v) is 25.4. The number of rotatable bonds is 6. The third-order valence-electron chi connectivity index (χ3n) is 14.4. The van der Waals surface area contributed by atoms with Crippen LogP contribution < -0.4 is 52.1 Å². The number of anilines is 6. The molecular weight excluding hydrogens is 890 g/mol. The van der Waals surface area contributed by atoms with Gasteiger partial charge in [0.1, 0.15) is 23.0 Å². The van der Waals surface area contributed by atoms with Crippen LogP contribution in [-0.2, 0) is 0 Å². The summed E-state index contributed by atoms with van der Waals surface area (Å²) >= 11 is 3.79. The van der Waals surface area contributed by atoms with Gasteiger partial charge >= 0.3 is 0 Å². The van der Waals surface area contributed by atoms with Crippen LogP contribution in [0, 0.1) is 0 Å². The van der Waals surface area contributed by atoms with E-state index >= 15 is 0 Å². The Hall–Kier alpha value is -8.03. The van der Waals surface area contributed by atoms with Gasteiger partial charge in [0, 0.05) is 53.7 Å².